The number of rotatable bonds is 4. The highest BCUT2D eigenvalue weighted by Gasteiger charge is 2.41. The Balaban J connectivity index is 2.17. The number of methoxy groups -OCH3 is 1. The van der Waals surface area contributed by atoms with Crippen LogP contribution in [-0.2, 0) is 11.3 Å². The van der Waals surface area contributed by atoms with Gasteiger partial charge in [0.1, 0.15) is 5.69 Å². The number of hydrogen-bond acceptors (Lipinski definition) is 4. The topological polar surface area (TPSA) is 55.6 Å². The normalized spacial score (nSPS) is 16.8. The predicted molar refractivity (Wildman–Crippen MR) is 74.8 cm³/mol. The van der Waals surface area contributed by atoms with Crippen molar-refractivity contribution >= 4 is 11.4 Å². The maximum Gasteiger partial charge on any atom is 0.391 e. The van der Waals surface area contributed by atoms with Crippen LogP contribution in [0.25, 0.3) is 0 Å². The Morgan fingerprint density at radius 1 is 1.36 bits per heavy atom. The van der Waals surface area contributed by atoms with Crippen LogP contribution in [0.4, 0.5) is 24.5 Å². The van der Waals surface area contributed by atoms with Crippen LogP contribution >= 0.6 is 0 Å². The highest BCUT2D eigenvalue weighted by atomic mass is 19.4. The number of nitrogens with zero attached hydrogens (tertiary/aromatic N) is 2. The summed E-state index contributed by atoms with van der Waals surface area (Å²) in [6.07, 6.45) is -4.28. The van der Waals surface area contributed by atoms with Crippen molar-refractivity contribution in [2.24, 2.45) is 5.92 Å². The summed E-state index contributed by atoms with van der Waals surface area (Å²) >= 11 is 0. The van der Waals surface area contributed by atoms with Crippen molar-refractivity contribution in [2.75, 3.05) is 25.1 Å². The van der Waals surface area contributed by atoms with Gasteiger partial charge in [-0.1, -0.05) is 6.07 Å². The molecule has 2 rings (SSSR count). The highest BCUT2D eigenvalue weighted by molar-refractivity contribution is 5.64. The van der Waals surface area contributed by atoms with Crippen molar-refractivity contribution in [3.63, 3.8) is 0 Å². The van der Waals surface area contributed by atoms with Gasteiger partial charge in [-0.3, -0.25) is 10.1 Å². The zero-order valence-electron chi connectivity index (χ0n) is 12.1. The first-order valence-corrected chi connectivity index (χ1v) is 6.91. The van der Waals surface area contributed by atoms with Crippen molar-refractivity contribution < 1.29 is 22.8 Å². The first-order chi connectivity index (χ1) is 10.3. The number of piperidine rings is 1. The first-order valence-electron chi connectivity index (χ1n) is 6.91. The number of alkyl halides is 3. The molecule has 1 aliphatic rings. The summed E-state index contributed by atoms with van der Waals surface area (Å²) in [7, 11) is 1.49. The summed E-state index contributed by atoms with van der Waals surface area (Å²) in [4.78, 5) is 12.3. The third-order valence-corrected chi connectivity index (χ3v) is 3.85. The third-order valence-electron chi connectivity index (χ3n) is 3.85. The summed E-state index contributed by atoms with van der Waals surface area (Å²) in [5, 5.41) is 11.2. The van der Waals surface area contributed by atoms with Crippen LogP contribution in [0, 0.1) is 16.0 Å². The molecule has 22 heavy (non-hydrogen) atoms. The van der Waals surface area contributed by atoms with Gasteiger partial charge < -0.3 is 9.64 Å². The van der Waals surface area contributed by atoms with Gasteiger partial charge in [0.15, 0.2) is 0 Å². The first kappa shape index (κ1) is 16.5. The molecular formula is C14H17F3N2O3. The second-order valence-corrected chi connectivity index (χ2v) is 5.32. The number of nitro benzene ring substituents is 1. The van der Waals surface area contributed by atoms with Gasteiger partial charge in [-0.15, -0.1) is 0 Å². The molecule has 0 radical (unpaired) electrons. The van der Waals surface area contributed by atoms with E-state index >= 15 is 0 Å². The predicted octanol–water partition coefficient (Wildman–Crippen LogP) is 3.52. The molecule has 0 spiro atoms. The fourth-order valence-corrected chi connectivity index (χ4v) is 2.69. The Labute approximate surface area is 125 Å². The van der Waals surface area contributed by atoms with E-state index in [9.17, 15) is 23.3 Å². The quantitative estimate of drug-likeness (QED) is 0.629. The molecule has 1 aromatic carbocycles. The van der Waals surface area contributed by atoms with Crippen LogP contribution in [0.5, 0.6) is 0 Å². The van der Waals surface area contributed by atoms with Crippen LogP contribution in [0.2, 0.25) is 0 Å². The summed E-state index contributed by atoms with van der Waals surface area (Å²) in [5.41, 5.74) is 0.925. The lowest BCUT2D eigenvalue weighted by Gasteiger charge is -2.34. The SMILES string of the molecule is COCc1ccc(N2CCC(C(F)(F)F)CC2)c([N+](=O)[O-])c1. The van der Waals surface area contributed by atoms with E-state index in [0.717, 1.165) is 0 Å². The minimum absolute atomic E-state index is 0.0412. The number of anilines is 1. The van der Waals surface area contributed by atoms with E-state index in [1.807, 2.05) is 0 Å². The molecule has 1 fully saturated rings. The molecule has 0 aromatic heterocycles. The van der Waals surface area contributed by atoms with Gasteiger partial charge >= 0.3 is 6.18 Å². The Morgan fingerprint density at radius 2 is 2.00 bits per heavy atom. The molecule has 0 saturated carbocycles. The molecule has 0 unspecified atom stereocenters. The third kappa shape index (κ3) is 3.68. The molecule has 0 aliphatic carbocycles. The summed E-state index contributed by atoms with van der Waals surface area (Å²) < 4.78 is 43.0. The Hall–Kier alpha value is -1.83. The lowest BCUT2D eigenvalue weighted by Crippen LogP contribution is -2.39. The van der Waals surface area contributed by atoms with E-state index in [4.69, 9.17) is 4.74 Å². The second-order valence-electron chi connectivity index (χ2n) is 5.32. The van der Waals surface area contributed by atoms with Gasteiger partial charge in [0.25, 0.3) is 5.69 Å². The molecule has 1 aromatic rings. The molecule has 1 heterocycles. The zero-order chi connectivity index (χ0) is 16.3. The maximum absolute atomic E-state index is 12.7. The standard InChI is InChI=1S/C14H17F3N2O3/c1-22-9-10-2-3-12(13(8-10)19(20)21)18-6-4-11(5-7-18)14(15,16)17/h2-3,8,11H,4-7,9H2,1H3. The van der Waals surface area contributed by atoms with Gasteiger partial charge in [0.05, 0.1) is 17.4 Å². The highest BCUT2D eigenvalue weighted by Crippen LogP contribution is 2.37. The van der Waals surface area contributed by atoms with Crippen LogP contribution < -0.4 is 4.90 Å². The Kier molecular flexibility index (Phi) is 4.90. The largest absolute Gasteiger partial charge is 0.391 e. The van der Waals surface area contributed by atoms with E-state index in [1.165, 1.54) is 13.2 Å². The van der Waals surface area contributed by atoms with Crippen molar-refractivity contribution in [3.05, 3.63) is 33.9 Å². The van der Waals surface area contributed by atoms with Crippen LogP contribution in [0.3, 0.4) is 0 Å². The van der Waals surface area contributed by atoms with Crippen molar-refractivity contribution in [1.29, 1.82) is 0 Å². The summed E-state index contributed by atoms with van der Waals surface area (Å²) in [6.45, 7) is 0.570. The van der Waals surface area contributed by atoms with Gasteiger partial charge in [-0.25, -0.2) is 0 Å². The molecule has 0 bridgehead atoms. The van der Waals surface area contributed by atoms with Gasteiger partial charge in [-0.05, 0) is 24.5 Å². The lowest BCUT2D eigenvalue weighted by molar-refractivity contribution is -0.384. The fraction of sp³-hybridized carbons (Fsp3) is 0.571. The number of benzene rings is 1. The monoisotopic (exact) mass is 318 g/mol. The fourth-order valence-electron chi connectivity index (χ4n) is 2.69. The average Bonchev–Trinajstić information content (AvgIpc) is 2.47. The van der Waals surface area contributed by atoms with E-state index in [2.05, 4.69) is 0 Å². The van der Waals surface area contributed by atoms with E-state index < -0.39 is 17.0 Å². The van der Waals surface area contributed by atoms with Crippen molar-refractivity contribution in [2.45, 2.75) is 25.6 Å². The minimum Gasteiger partial charge on any atom is -0.380 e. The molecule has 0 atom stereocenters. The number of hydrogen-bond donors (Lipinski definition) is 0. The van der Waals surface area contributed by atoms with E-state index in [1.54, 1.807) is 17.0 Å². The molecule has 5 nitrogen and oxygen atoms in total. The molecule has 1 saturated heterocycles. The number of nitro groups is 1. The van der Waals surface area contributed by atoms with Crippen molar-refractivity contribution in [1.82, 2.24) is 0 Å². The van der Waals surface area contributed by atoms with Crippen LogP contribution in [0.1, 0.15) is 18.4 Å². The summed E-state index contributed by atoms with van der Waals surface area (Å²) in [6, 6.07) is 4.69. The number of halogens is 3. The molecule has 1 aliphatic heterocycles. The minimum atomic E-state index is -4.19. The Bertz CT molecular complexity index is 541. The smallest absolute Gasteiger partial charge is 0.380 e. The number of ether oxygens (including phenoxy) is 1. The lowest BCUT2D eigenvalue weighted by atomic mass is 9.95. The molecule has 8 heteroatoms. The maximum atomic E-state index is 12.7. The van der Waals surface area contributed by atoms with Gasteiger partial charge in [0, 0.05) is 26.3 Å². The average molecular weight is 318 g/mol. The summed E-state index contributed by atoms with van der Waals surface area (Å²) in [5.74, 6) is -1.32. The van der Waals surface area contributed by atoms with E-state index in [0.29, 0.717) is 11.3 Å². The zero-order valence-corrected chi connectivity index (χ0v) is 12.1. The second kappa shape index (κ2) is 6.51. The Morgan fingerprint density at radius 3 is 2.50 bits per heavy atom. The molecule has 0 amide bonds. The van der Waals surface area contributed by atoms with Gasteiger partial charge in [-0.2, -0.15) is 13.2 Å². The van der Waals surface area contributed by atoms with Crippen molar-refractivity contribution in [3.8, 4) is 0 Å². The van der Waals surface area contributed by atoms with Crippen LogP contribution in [0.15, 0.2) is 18.2 Å². The van der Waals surface area contributed by atoms with Gasteiger partial charge in [0.2, 0.25) is 0 Å². The molecular weight excluding hydrogens is 301 g/mol. The molecule has 122 valence electrons. The van der Waals surface area contributed by atoms with Crippen LogP contribution in [-0.4, -0.2) is 31.3 Å². The van der Waals surface area contributed by atoms with E-state index in [-0.39, 0.29) is 38.2 Å². The molecule has 0 N–H and O–H groups in total.